The molecular weight excluding hydrogens is 426 g/mol. The van der Waals surface area contributed by atoms with E-state index in [-0.39, 0.29) is 11.8 Å². The summed E-state index contributed by atoms with van der Waals surface area (Å²) >= 11 is 4.85. The van der Waals surface area contributed by atoms with Crippen LogP contribution < -0.4 is 10.2 Å². The summed E-state index contributed by atoms with van der Waals surface area (Å²) in [7, 11) is 0. The lowest BCUT2D eigenvalue weighted by molar-refractivity contribution is -0.116. The third-order valence-corrected chi connectivity index (χ3v) is 5.71. The lowest BCUT2D eigenvalue weighted by atomic mass is 10.1. The van der Waals surface area contributed by atoms with Crippen LogP contribution in [0.1, 0.15) is 22.8 Å². The normalized spacial score (nSPS) is 12.7. The number of anilines is 2. The highest BCUT2D eigenvalue weighted by Crippen LogP contribution is 2.30. The molecule has 1 N–H and O–H groups in total. The van der Waals surface area contributed by atoms with Gasteiger partial charge in [-0.15, -0.1) is 11.3 Å². The monoisotopic (exact) mass is 441 g/mol. The Labute approximate surface area is 169 Å². The molecule has 2 amide bonds. The SMILES string of the molecule is CC(=O)N1CCc2cc(C(=O)Nc3nc(-c4cccc(Br)c4)cs3)ccc21. The second-order valence-corrected chi connectivity index (χ2v) is 8.04. The topological polar surface area (TPSA) is 62.3 Å². The fraction of sp³-hybridized carbons (Fsp3) is 0.150. The number of carbonyl (C=O) groups excluding carboxylic acids is 2. The number of fused-ring (bicyclic) bond motifs is 1. The van der Waals surface area contributed by atoms with Crippen molar-refractivity contribution in [1.29, 1.82) is 0 Å². The van der Waals surface area contributed by atoms with Gasteiger partial charge in [0.05, 0.1) is 5.69 Å². The van der Waals surface area contributed by atoms with Gasteiger partial charge in [-0.25, -0.2) is 4.98 Å². The van der Waals surface area contributed by atoms with Crippen LogP contribution in [0.5, 0.6) is 0 Å². The maximum Gasteiger partial charge on any atom is 0.257 e. The largest absolute Gasteiger partial charge is 0.312 e. The lowest BCUT2D eigenvalue weighted by Gasteiger charge is -2.14. The van der Waals surface area contributed by atoms with Crippen molar-refractivity contribution in [2.75, 3.05) is 16.8 Å². The van der Waals surface area contributed by atoms with Gasteiger partial charge in [0, 0.05) is 40.1 Å². The van der Waals surface area contributed by atoms with Crippen LogP contribution in [-0.4, -0.2) is 23.3 Å². The van der Waals surface area contributed by atoms with Crippen LogP contribution in [0.3, 0.4) is 0 Å². The fourth-order valence-electron chi connectivity index (χ4n) is 3.15. The molecule has 4 rings (SSSR count). The van der Waals surface area contributed by atoms with Crippen molar-refractivity contribution < 1.29 is 9.59 Å². The molecule has 0 fully saturated rings. The van der Waals surface area contributed by atoms with Crippen LogP contribution in [-0.2, 0) is 11.2 Å². The van der Waals surface area contributed by atoms with Crippen molar-refractivity contribution in [1.82, 2.24) is 4.98 Å². The zero-order chi connectivity index (χ0) is 19.0. The number of hydrogen-bond acceptors (Lipinski definition) is 4. The first-order valence-corrected chi connectivity index (χ1v) is 10.1. The highest BCUT2D eigenvalue weighted by molar-refractivity contribution is 9.10. The van der Waals surface area contributed by atoms with Crippen LogP contribution in [0.2, 0.25) is 0 Å². The highest BCUT2D eigenvalue weighted by Gasteiger charge is 2.23. The van der Waals surface area contributed by atoms with Crippen LogP contribution in [0.25, 0.3) is 11.3 Å². The van der Waals surface area contributed by atoms with Crippen LogP contribution in [0.15, 0.2) is 52.3 Å². The van der Waals surface area contributed by atoms with Crippen LogP contribution in [0.4, 0.5) is 10.8 Å². The molecular formula is C20H16BrN3O2S. The number of amides is 2. The Morgan fingerprint density at radius 2 is 2.07 bits per heavy atom. The second kappa shape index (κ2) is 7.25. The molecule has 7 heteroatoms. The van der Waals surface area contributed by atoms with Gasteiger partial charge in [0.1, 0.15) is 0 Å². The summed E-state index contributed by atoms with van der Waals surface area (Å²) in [5.41, 5.74) is 4.29. The van der Waals surface area contributed by atoms with E-state index in [9.17, 15) is 9.59 Å². The molecule has 1 aliphatic heterocycles. The predicted octanol–water partition coefficient (Wildman–Crippen LogP) is 4.73. The molecule has 2 aromatic carbocycles. The smallest absolute Gasteiger partial charge is 0.257 e. The van der Waals surface area contributed by atoms with E-state index in [2.05, 4.69) is 26.2 Å². The predicted molar refractivity (Wildman–Crippen MR) is 111 cm³/mol. The number of nitrogens with one attached hydrogen (secondary N) is 1. The first kappa shape index (κ1) is 17.9. The van der Waals surface area contributed by atoms with Gasteiger partial charge in [0.15, 0.2) is 5.13 Å². The Morgan fingerprint density at radius 1 is 1.22 bits per heavy atom. The molecule has 3 aromatic rings. The van der Waals surface area contributed by atoms with Gasteiger partial charge in [-0.1, -0.05) is 28.1 Å². The van der Waals surface area contributed by atoms with E-state index in [0.29, 0.717) is 17.2 Å². The van der Waals surface area contributed by atoms with E-state index >= 15 is 0 Å². The van der Waals surface area contributed by atoms with Gasteiger partial charge in [-0.05, 0) is 42.3 Å². The van der Waals surface area contributed by atoms with Gasteiger partial charge in [0.2, 0.25) is 5.91 Å². The number of nitrogens with zero attached hydrogens (tertiary/aromatic N) is 2. The number of rotatable bonds is 3. The lowest BCUT2D eigenvalue weighted by Crippen LogP contribution is -2.25. The molecule has 0 bridgehead atoms. The van der Waals surface area contributed by atoms with Crippen molar-refractivity contribution in [3.63, 3.8) is 0 Å². The van der Waals surface area contributed by atoms with E-state index < -0.39 is 0 Å². The van der Waals surface area contributed by atoms with Gasteiger partial charge in [0.25, 0.3) is 5.91 Å². The molecule has 0 atom stereocenters. The molecule has 2 heterocycles. The zero-order valence-corrected chi connectivity index (χ0v) is 16.9. The van der Waals surface area contributed by atoms with E-state index in [1.54, 1.807) is 17.9 Å². The minimum atomic E-state index is -0.200. The average Bonchev–Trinajstić information content (AvgIpc) is 3.28. The summed E-state index contributed by atoms with van der Waals surface area (Å²) in [5.74, 6) is -0.178. The maximum atomic E-state index is 12.6. The van der Waals surface area contributed by atoms with Crippen molar-refractivity contribution in [2.45, 2.75) is 13.3 Å². The molecule has 1 aliphatic rings. The molecule has 0 aliphatic carbocycles. The Morgan fingerprint density at radius 3 is 2.85 bits per heavy atom. The molecule has 0 saturated heterocycles. The minimum Gasteiger partial charge on any atom is -0.312 e. The van der Waals surface area contributed by atoms with Crippen LogP contribution in [0, 0.1) is 0 Å². The Balaban J connectivity index is 1.51. The maximum absolute atomic E-state index is 12.6. The molecule has 0 radical (unpaired) electrons. The molecule has 0 saturated carbocycles. The fourth-order valence-corrected chi connectivity index (χ4v) is 4.26. The van der Waals surface area contributed by atoms with E-state index in [0.717, 1.165) is 33.4 Å². The highest BCUT2D eigenvalue weighted by atomic mass is 79.9. The molecule has 5 nitrogen and oxygen atoms in total. The number of carbonyl (C=O) groups is 2. The molecule has 27 heavy (non-hydrogen) atoms. The van der Waals surface area contributed by atoms with E-state index in [4.69, 9.17) is 0 Å². The zero-order valence-electron chi connectivity index (χ0n) is 14.5. The summed E-state index contributed by atoms with van der Waals surface area (Å²) in [6.45, 7) is 2.22. The Kier molecular flexibility index (Phi) is 4.80. The third kappa shape index (κ3) is 3.65. The number of benzene rings is 2. The standard InChI is InChI=1S/C20H16BrN3O2S/c1-12(25)24-8-7-14-9-15(5-6-18(14)24)19(26)23-20-22-17(11-27-20)13-3-2-4-16(21)10-13/h2-6,9-11H,7-8H2,1H3,(H,22,23,26). The first-order chi connectivity index (χ1) is 13.0. The quantitative estimate of drug-likeness (QED) is 0.638. The average molecular weight is 442 g/mol. The van der Waals surface area contributed by atoms with Gasteiger partial charge >= 0.3 is 0 Å². The number of thiazole rings is 1. The van der Waals surface area contributed by atoms with Crippen molar-refractivity contribution in [2.24, 2.45) is 0 Å². The second-order valence-electron chi connectivity index (χ2n) is 6.27. The van der Waals surface area contributed by atoms with Gasteiger partial charge < -0.3 is 4.90 Å². The van der Waals surface area contributed by atoms with Crippen molar-refractivity contribution in [3.8, 4) is 11.3 Å². The summed E-state index contributed by atoms with van der Waals surface area (Å²) in [5, 5.41) is 5.34. The van der Waals surface area contributed by atoms with Gasteiger partial charge in [-0.3, -0.25) is 14.9 Å². The summed E-state index contributed by atoms with van der Waals surface area (Å²) in [6, 6.07) is 13.3. The van der Waals surface area contributed by atoms with E-state index in [1.165, 1.54) is 11.3 Å². The first-order valence-electron chi connectivity index (χ1n) is 8.45. The molecule has 1 aromatic heterocycles. The Bertz CT molecular complexity index is 1050. The number of aromatic nitrogens is 1. The summed E-state index contributed by atoms with van der Waals surface area (Å²) in [6.07, 6.45) is 0.764. The van der Waals surface area contributed by atoms with E-state index in [1.807, 2.05) is 41.8 Å². The summed E-state index contributed by atoms with van der Waals surface area (Å²) in [4.78, 5) is 30.5. The van der Waals surface area contributed by atoms with Crippen molar-refractivity contribution in [3.05, 3.63) is 63.4 Å². The number of hydrogen-bond donors (Lipinski definition) is 1. The molecule has 136 valence electrons. The van der Waals surface area contributed by atoms with Crippen molar-refractivity contribution >= 4 is 49.9 Å². The molecule has 0 unspecified atom stereocenters. The molecule has 0 spiro atoms. The van der Waals surface area contributed by atoms with Crippen LogP contribution >= 0.6 is 27.3 Å². The van der Waals surface area contributed by atoms with Gasteiger partial charge in [-0.2, -0.15) is 0 Å². The Hall–Kier alpha value is -2.51. The number of halogens is 1. The minimum absolute atomic E-state index is 0.0221. The summed E-state index contributed by atoms with van der Waals surface area (Å²) < 4.78 is 0.983. The third-order valence-electron chi connectivity index (χ3n) is 4.46.